The molecule has 2 rings (SSSR count). The second-order valence-electron chi connectivity index (χ2n) is 4.45. The van der Waals surface area contributed by atoms with E-state index in [9.17, 15) is 8.78 Å². The van der Waals surface area contributed by atoms with Gasteiger partial charge in [0.2, 0.25) is 0 Å². The summed E-state index contributed by atoms with van der Waals surface area (Å²) in [6.07, 6.45) is 3.55. The molecule has 0 aliphatic heterocycles. The lowest BCUT2D eigenvalue weighted by Crippen LogP contribution is -2.25. The highest BCUT2D eigenvalue weighted by molar-refractivity contribution is 5.44. The zero-order chi connectivity index (χ0) is 12.3. The Labute approximate surface area is 99.3 Å². The normalized spacial score (nSPS) is 24.1. The topological polar surface area (TPSA) is 35.8 Å². The van der Waals surface area contributed by atoms with E-state index in [1.807, 2.05) is 0 Å². The van der Waals surface area contributed by atoms with Gasteiger partial charge in [-0.2, -0.15) is 5.26 Å². The number of anilines is 1. The van der Waals surface area contributed by atoms with Gasteiger partial charge in [-0.1, -0.05) is 0 Å². The van der Waals surface area contributed by atoms with Crippen molar-refractivity contribution in [3.8, 4) is 6.07 Å². The average molecular weight is 236 g/mol. The van der Waals surface area contributed by atoms with Gasteiger partial charge in [0.25, 0.3) is 0 Å². The highest BCUT2D eigenvalue weighted by Gasteiger charge is 2.20. The van der Waals surface area contributed by atoms with Crippen LogP contribution in [0.5, 0.6) is 0 Å². The molecule has 1 aliphatic carbocycles. The Hall–Kier alpha value is -1.63. The smallest absolute Gasteiger partial charge is 0.160 e. The summed E-state index contributed by atoms with van der Waals surface area (Å²) in [5, 5.41) is 11.9. The maximum Gasteiger partial charge on any atom is 0.160 e. The van der Waals surface area contributed by atoms with Crippen LogP contribution in [-0.2, 0) is 0 Å². The van der Waals surface area contributed by atoms with E-state index >= 15 is 0 Å². The second-order valence-corrected chi connectivity index (χ2v) is 4.45. The fourth-order valence-corrected chi connectivity index (χ4v) is 2.19. The monoisotopic (exact) mass is 236 g/mol. The highest BCUT2D eigenvalue weighted by Crippen LogP contribution is 2.26. The first-order valence-corrected chi connectivity index (χ1v) is 5.80. The van der Waals surface area contributed by atoms with Gasteiger partial charge in [-0.05, 0) is 37.8 Å². The number of nitriles is 1. The number of nitrogens with zero attached hydrogens (tertiary/aromatic N) is 1. The fourth-order valence-electron chi connectivity index (χ4n) is 2.19. The number of halogens is 2. The number of hydrogen-bond acceptors (Lipinski definition) is 2. The molecule has 1 aromatic rings. The van der Waals surface area contributed by atoms with Crippen LogP contribution in [0.2, 0.25) is 0 Å². The van der Waals surface area contributed by atoms with E-state index < -0.39 is 11.6 Å². The number of benzene rings is 1. The first-order chi connectivity index (χ1) is 8.19. The van der Waals surface area contributed by atoms with Gasteiger partial charge >= 0.3 is 0 Å². The van der Waals surface area contributed by atoms with E-state index in [1.165, 1.54) is 12.1 Å². The Bertz CT molecular complexity index is 432. The van der Waals surface area contributed by atoms with Gasteiger partial charge in [0.1, 0.15) is 0 Å². The Kier molecular flexibility index (Phi) is 3.58. The Morgan fingerprint density at radius 3 is 2.41 bits per heavy atom. The lowest BCUT2D eigenvalue weighted by Gasteiger charge is -2.26. The zero-order valence-corrected chi connectivity index (χ0v) is 9.42. The van der Waals surface area contributed by atoms with E-state index in [2.05, 4.69) is 11.4 Å². The lowest BCUT2D eigenvalue weighted by atomic mass is 9.87. The molecule has 0 radical (unpaired) electrons. The van der Waals surface area contributed by atoms with Crippen LogP contribution < -0.4 is 5.32 Å². The van der Waals surface area contributed by atoms with E-state index in [-0.39, 0.29) is 12.0 Å². The molecule has 1 aliphatic rings. The molecule has 0 unspecified atom stereocenters. The Balaban J connectivity index is 1.93. The number of rotatable bonds is 2. The molecule has 0 atom stereocenters. The van der Waals surface area contributed by atoms with Gasteiger partial charge in [0.15, 0.2) is 11.6 Å². The van der Waals surface area contributed by atoms with Crippen LogP contribution in [0.3, 0.4) is 0 Å². The SMILES string of the molecule is N#CC1CCC(Nc2ccc(F)c(F)c2)CC1. The third-order valence-electron chi connectivity index (χ3n) is 3.20. The molecular weight excluding hydrogens is 222 g/mol. The van der Waals surface area contributed by atoms with Crippen LogP contribution in [0, 0.1) is 28.9 Å². The van der Waals surface area contributed by atoms with Gasteiger partial charge in [-0.25, -0.2) is 8.78 Å². The minimum Gasteiger partial charge on any atom is -0.382 e. The molecule has 1 saturated carbocycles. The predicted molar refractivity (Wildman–Crippen MR) is 61.3 cm³/mol. The zero-order valence-electron chi connectivity index (χ0n) is 9.42. The van der Waals surface area contributed by atoms with E-state index in [4.69, 9.17) is 5.26 Å². The van der Waals surface area contributed by atoms with Gasteiger partial charge in [-0.3, -0.25) is 0 Å². The van der Waals surface area contributed by atoms with E-state index in [1.54, 1.807) is 0 Å². The molecule has 1 N–H and O–H groups in total. The molecular formula is C13H14F2N2. The summed E-state index contributed by atoms with van der Waals surface area (Å²) in [5.41, 5.74) is 0.601. The van der Waals surface area contributed by atoms with Crippen molar-refractivity contribution in [3.63, 3.8) is 0 Å². The summed E-state index contributed by atoms with van der Waals surface area (Å²) < 4.78 is 25.7. The molecule has 0 aromatic heterocycles. The molecule has 4 heteroatoms. The second kappa shape index (κ2) is 5.13. The van der Waals surface area contributed by atoms with Crippen LogP contribution >= 0.6 is 0 Å². The number of hydrogen-bond donors (Lipinski definition) is 1. The molecule has 90 valence electrons. The van der Waals surface area contributed by atoms with Crippen molar-refractivity contribution >= 4 is 5.69 Å². The molecule has 0 bridgehead atoms. The fraction of sp³-hybridized carbons (Fsp3) is 0.462. The third kappa shape index (κ3) is 2.94. The van der Waals surface area contributed by atoms with Crippen molar-refractivity contribution in [1.29, 1.82) is 5.26 Å². The standard InChI is InChI=1S/C13H14F2N2/c14-12-6-5-11(7-13(12)15)17-10-3-1-9(8-16)2-4-10/h5-7,9-10,17H,1-4H2. The van der Waals surface area contributed by atoms with Gasteiger partial charge in [0, 0.05) is 23.7 Å². The Morgan fingerprint density at radius 2 is 1.82 bits per heavy atom. The van der Waals surface area contributed by atoms with Crippen LogP contribution in [0.4, 0.5) is 14.5 Å². The molecule has 0 saturated heterocycles. The van der Waals surface area contributed by atoms with Crippen molar-refractivity contribution in [2.24, 2.45) is 5.92 Å². The molecule has 0 spiro atoms. The Morgan fingerprint density at radius 1 is 1.12 bits per heavy atom. The molecule has 0 amide bonds. The van der Waals surface area contributed by atoms with Crippen molar-refractivity contribution in [2.75, 3.05) is 5.32 Å². The highest BCUT2D eigenvalue weighted by atomic mass is 19.2. The average Bonchev–Trinajstić information content (AvgIpc) is 2.35. The van der Waals surface area contributed by atoms with Crippen LogP contribution in [-0.4, -0.2) is 6.04 Å². The van der Waals surface area contributed by atoms with Crippen LogP contribution in [0.15, 0.2) is 18.2 Å². The van der Waals surface area contributed by atoms with Crippen molar-refractivity contribution < 1.29 is 8.78 Å². The molecule has 1 fully saturated rings. The quantitative estimate of drug-likeness (QED) is 0.853. The summed E-state index contributed by atoms with van der Waals surface area (Å²) in [5.74, 6) is -1.51. The van der Waals surface area contributed by atoms with Crippen LogP contribution in [0.25, 0.3) is 0 Å². The summed E-state index contributed by atoms with van der Waals surface area (Å²) in [7, 11) is 0. The molecule has 0 heterocycles. The maximum atomic E-state index is 13.0. The van der Waals surface area contributed by atoms with Gasteiger partial charge in [-0.15, -0.1) is 0 Å². The first-order valence-electron chi connectivity index (χ1n) is 5.80. The van der Waals surface area contributed by atoms with Crippen molar-refractivity contribution in [2.45, 2.75) is 31.7 Å². The molecule has 1 aromatic carbocycles. The summed E-state index contributed by atoms with van der Waals surface area (Å²) >= 11 is 0. The minimum absolute atomic E-state index is 0.151. The van der Waals surface area contributed by atoms with Crippen molar-refractivity contribution in [1.82, 2.24) is 0 Å². The third-order valence-corrected chi connectivity index (χ3v) is 3.20. The minimum atomic E-state index is -0.833. The summed E-state index contributed by atoms with van der Waals surface area (Å²) in [4.78, 5) is 0. The van der Waals surface area contributed by atoms with Gasteiger partial charge in [0.05, 0.1) is 6.07 Å². The predicted octanol–water partition coefficient (Wildman–Crippen LogP) is 3.46. The molecule has 17 heavy (non-hydrogen) atoms. The summed E-state index contributed by atoms with van der Waals surface area (Å²) in [6.45, 7) is 0. The first kappa shape index (κ1) is 11.8. The molecule has 2 nitrogen and oxygen atoms in total. The maximum absolute atomic E-state index is 13.0. The number of nitrogens with one attached hydrogen (secondary N) is 1. The van der Waals surface area contributed by atoms with Crippen molar-refractivity contribution in [3.05, 3.63) is 29.8 Å². The largest absolute Gasteiger partial charge is 0.382 e. The van der Waals surface area contributed by atoms with Gasteiger partial charge < -0.3 is 5.32 Å². The summed E-state index contributed by atoms with van der Waals surface area (Å²) in [6, 6.07) is 6.35. The van der Waals surface area contributed by atoms with E-state index in [0.717, 1.165) is 31.7 Å². The van der Waals surface area contributed by atoms with E-state index in [0.29, 0.717) is 5.69 Å². The lowest BCUT2D eigenvalue weighted by molar-refractivity contribution is 0.397. The van der Waals surface area contributed by atoms with Crippen LogP contribution in [0.1, 0.15) is 25.7 Å².